The minimum absolute atomic E-state index is 0.0642. The van der Waals surface area contributed by atoms with Gasteiger partial charge in [-0.05, 0) is 24.6 Å². The lowest BCUT2D eigenvalue weighted by atomic mass is 10.1. The van der Waals surface area contributed by atoms with Gasteiger partial charge in [0, 0.05) is 5.56 Å². The highest BCUT2D eigenvalue weighted by Gasteiger charge is 2.26. The number of halogens is 1. The summed E-state index contributed by atoms with van der Waals surface area (Å²) in [6.45, 7) is 2.01. The van der Waals surface area contributed by atoms with Gasteiger partial charge in [-0.3, -0.25) is 4.79 Å². The van der Waals surface area contributed by atoms with Gasteiger partial charge in [-0.2, -0.15) is 0 Å². The molecule has 0 bridgehead atoms. The summed E-state index contributed by atoms with van der Waals surface area (Å²) in [5.74, 6) is -0.129. The summed E-state index contributed by atoms with van der Waals surface area (Å²) in [5, 5.41) is 2.82. The van der Waals surface area contributed by atoms with Crippen LogP contribution in [0, 0.1) is 12.7 Å². The Kier molecular flexibility index (Phi) is 3.14. The zero-order valence-electron chi connectivity index (χ0n) is 11.0. The summed E-state index contributed by atoms with van der Waals surface area (Å²) in [6, 6.07) is 12.1. The Hall–Kier alpha value is -2.36. The molecule has 1 N–H and O–H groups in total. The van der Waals surface area contributed by atoms with E-state index in [0.29, 0.717) is 12.2 Å². The van der Waals surface area contributed by atoms with Crippen molar-refractivity contribution in [3.8, 4) is 5.75 Å². The van der Waals surface area contributed by atoms with Crippen molar-refractivity contribution in [3.63, 3.8) is 0 Å². The summed E-state index contributed by atoms with van der Waals surface area (Å²) in [7, 11) is 0. The molecule has 0 aromatic heterocycles. The number of benzene rings is 2. The molecule has 0 aliphatic carbocycles. The fourth-order valence-electron chi connectivity index (χ4n) is 2.34. The highest BCUT2D eigenvalue weighted by atomic mass is 19.1. The van der Waals surface area contributed by atoms with Crippen LogP contribution < -0.4 is 10.1 Å². The van der Waals surface area contributed by atoms with Crippen molar-refractivity contribution in [2.24, 2.45) is 0 Å². The molecule has 0 spiro atoms. The van der Waals surface area contributed by atoms with Crippen LogP contribution >= 0.6 is 0 Å². The van der Waals surface area contributed by atoms with Gasteiger partial charge in [-0.25, -0.2) is 4.39 Å². The predicted molar refractivity (Wildman–Crippen MR) is 73.3 cm³/mol. The molecule has 2 aromatic carbocycles. The molecule has 20 heavy (non-hydrogen) atoms. The first-order chi connectivity index (χ1) is 9.66. The molecule has 0 saturated heterocycles. The molecule has 3 rings (SSSR count). The quantitative estimate of drug-likeness (QED) is 0.911. The summed E-state index contributed by atoms with van der Waals surface area (Å²) >= 11 is 0. The lowest BCUT2D eigenvalue weighted by molar-refractivity contribution is 0.0926. The number of fused-ring (bicyclic) bond motifs is 1. The summed E-state index contributed by atoms with van der Waals surface area (Å²) < 4.78 is 19.4. The highest BCUT2D eigenvalue weighted by molar-refractivity contribution is 5.95. The number of rotatable bonds is 2. The van der Waals surface area contributed by atoms with Crippen molar-refractivity contribution in [2.75, 3.05) is 6.61 Å². The van der Waals surface area contributed by atoms with Crippen molar-refractivity contribution in [1.29, 1.82) is 0 Å². The number of hydrogen-bond donors (Lipinski definition) is 1. The first kappa shape index (κ1) is 12.7. The Morgan fingerprint density at radius 2 is 2.05 bits per heavy atom. The third-order valence-corrected chi connectivity index (χ3v) is 3.44. The second-order valence-corrected chi connectivity index (χ2v) is 4.81. The minimum atomic E-state index is -0.475. The van der Waals surface area contributed by atoms with Crippen LogP contribution in [0.25, 0.3) is 0 Å². The second kappa shape index (κ2) is 4.96. The van der Waals surface area contributed by atoms with E-state index in [-0.39, 0.29) is 11.6 Å². The van der Waals surface area contributed by atoms with Gasteiger partial charge in [-0.15, -0.1) is 0 Å². The third kappa shape index (κ3) is 2.13. The molecule has 1 aliphatic heterocycles. The van der Waals surface area contributed by atoms with Gasteiger partial charge in [-0.1, -0.05) is 30.3 Å². The number of para-hydroxylation sites is 1. The van der Waals surface area contributed by atoms with Gasteiger partial charge in [0.2, 0.25) is 0 Å². The van der Waals surface area contributed by atoms with Gasteiger partial charge < -0.3 is 10.1 Å². The van der Waals surface area contributed by atoms with E-state index in [2.05, 4.69) is 5.32 Å². The standard InChI is InChI=1S/C16H14FNO2/c1-10-5-4-7-12(15(10)17)16(19)18-13-9-20-14-8-3-2-6-11(13)14/h2-8,13H,9H2,1H3,(H,18,19). The van der Waals surface area contributed by atoms with Crippen LogP contribution in [-0.4, -0.2) is 12.5 Å². The number of ether oxygens (including phenoxy) is 1. The Labute approximate surface area is 116 Å². The smallest absolute Gasteiger partial charge is 0.254 e. The van der Waals surface area contributed by atoms with Gasteiger partial charge in [0.1, 0.15) is 18.2 Å². The van der Waals surface area contributed by atoms with Gasteiger partial charge >= 0.3 is 0 Å². The van der Waals surface area contributed by atoms with Crippen LogP contribution in [-0.2, 0) is 0 Å². The maximum Gasteiger partial charge on any atom is 0.254 e. The molecule has 2 aromatic rings. The van der Waals surface area contributed by atoms with Crippen molar-refractivity contribution < 1.29 is 13.9 Å². The molecule has 1 amide bonds. The molecule has 1 unspecified atom stereocenters. The first-order valence-electron chi connectivity index (χ1n) is 6.44. The average Bonchev–Trinajstić information content (AvgIpc) is 2.85. The monoisotopic (exact) mass is 271 g/mol. The van der Waals surface area contributed by atoms with E-state index in [4.69, 9.17) is 4.74 Å². The van der Waals surface area contributed by atoms with Crippen molar-refractivity contribution in [2.45, 2.75) is 13.0 Å². The molecule has 0 radical (unpaired) electrons. The lowest BCUT2D eigenvalue weighted by Crippen LogP contribution is -2.30. The van der Waals surface area contributed by atoms with Crippen molar-refractivity contribution >= 4 is 5.91 Å². The first-order valence-corrected chi connectivity index (χ1v) is 6.44. The third-order valence-electron chi connectivity index (χ3n) is 3.44. The Balaban J connectivity index is 1.83. The van der Waals surface area contributed by atoms with Crippen LogP contribution in [0.1, 0.15) is 27.5 Å². The fraction of sp³-hybridized carbons (Fsp3) is 0.188. The van der Waals surface area contributed by atoms with Crippen LogP contribution in [0.4, 0.5) is 4.39 Å². The zero-order valence-corrected chi connectivity index (χ0v) is 11.0. The molecule has 1 atom stereocenters. The number of hydrogen-bond acceptors (Lipinski definition) is 2. The van der Waals surface area contributed by atoms with E-state index >= 15 is 0 Å². The molecular weight excluding hydrogens is 257 g/mol. The minimum Gasteiger partial charge on any atom is -0.491 e. The van der Waals surface area contributed by atoms with Crippen LogP contribution in [0.2, 0.25) is 0 Å². The number of amides is 1. The van der Waals surface area contributed by atoms with Crippen LogP contribution in [0.5, 0.6) is 5.75 Å². The lowest BCUT2D eigenvalue weighted by Gasteiger charge is -2.12. The summed E-state index contributed by atoms with van der Waals surface area (Å²) in [5.41, 5.74) is 1.45. The number of nitrogens with one attached hydrogen (secondary N) is 1. The zero-order chi connectivity index (χ0) is 14.1. The van der Waals surface area contributed by atoms with E-state index in [9.17, 15) is 9.18 Å². The largest absolute Gasteiger partial charge is 0.491 e. The number of carbonyl (C=O) groups is 1. The second-order valence-electron chi connectivity index (χ2n) is 4.81. The molecule has 1 aliphatic rings. The fourth-order valence-corrected chi connectivity index (χ4v) is 2.34. The van der Waals surface area contributed by atoms with Crippen LogP contribution in [0.3, 0.4) is 0 Å². The van der Waals surface area contributed by atoms with Gasteiger partial charge in [0.25, 0.3) is 5.91 Å². The summed E-state index contributed by atoms with van der Waals surface area (Å²) in [6.07, 6.45) is 0. The predicted octanol–water partition coefficient (Wildman–Crippen LogP) is 3.00. The molecule has 102 valence electrons. The van der Waals surface area contributed by atoms with Crippen molar-refractivity contribution in [1.82, 2.24) is 5.32 Å². The Morgan fingerprint density at radius 3 is 2.90 bits per heavy atom. The van der Waals surface area contributed by atoms with E-state index in [1.165, 1.54) is 6.07 Å². The van der Waals surface area contributed by atoms with Crippen molar-refractivity contribution in [3.05, 3.63) is 65.0 Å². The maximum absolute atomic E-state index is 13.9. The molecule has 0 fully saturated rings. The number of aryl methyl sites for hydroxylation is 1. The van der Waals surface area contributed by atoms with Gasteiger partial charge in [0.15, 0.2) is 0 Å². The normalized spacial score (nSPS) is 16.4. The topological polar surface area (TPSA) is 38.3 Å². The van der Waals surface area contributed by atoms with E-state index < -0.39 is 11.7 Å². The highest BCUT2D eigenvalue weighted by Crippen LogP contribution is 2.31. The number of carbonyl (C=O) groups excluding carboxylic acids is 1. The van der Waals surface area contributed by atoms with E-state index in [1.807, 2.05) is 24.3 Å². The van der Waals surface area contributed by atoms with Crippen LogP contribution in [0.15, 0.2) is 42.5 Å². The molecular formula is C16H14FNO2. The molecule has 4 heteroatoms. The van der Waals surface area contributed by atoms with E-state index in [0.717, 1.165) is 11.3 Å². The maximum atomic E-state index is 13.9. The molecule has 1 heterocycles. The summed E-state index contributed by atoms with van der Waals surface area (Å²) in [4.78, 5) is 12.2. The average molecular weight is 271 g/mol. The molecule has 0 saturated carbocycles. The SMILES string of the molecule is Cc1cccc(C(=O)NC2COc3ccccc32)c1F. The molecule has 3 nitrogen and oxygen atoms in total. The van der Waals surface area contributed by atoms with E-state index in [1.54, 1.807) is 19.1 Å². The van der Waals surface area contributed by atoms with Gasteiger partial charge in [0.05, 0.1) is 11.6 Å². The Bertz CT molecular complexity index is 669. The Morgan fingerprint density at radius 1 is 1.25 bits per heavy atom.